The summed E-state index contributed by atoms with van der Waals surface area (Å²) >= 11 is 0. The third kappa shape index (κ3) is 11.7. The first-order valence-electron chi connectivity index (χ1n) is 15.2. The van der Waals surface area contributed by atoms with E-state index in [-0.39, 0.29) is 0 Å². The lowest BCUT2D eigenvalue weighted by Crippen LogP contribution is -2.21. The number of hydrogen-bond acceptors (Lipinski definition) is 6. The van der Waals surface area contributed by atoms with Crippen molar-refractivity contribution < 1.29 is 10.2 Å². The predicted octanol–water partition coefficient (Wildman–Crippen LogP) is 7.84. The monoisotopic (exact) mass is 536 g/mol. The maximum absolute atomic E-state index is 10.3. The van der Waals surface area contributed by atoms with Crippen molar-refractivity contribution in [3.8, 4) is 11.5 Å². The third-order valence-electron chi connectivity index (χ3n) is 7.32. The molecule has 0 aliphatic heterocycles. The van der Waals surface area contributed by atoms with E-state index in [9.17, 15) is 10.2 Å². The van der Waals surface area contributed by atoms with Gasteiger partial charge in [-0.2, -0.15) is 0 Å². The Morgan fingerprint density at radius 2 is 0.872 bits per heavy atom. The van der Waals surface area contributed by atoms with Crippen LogP contribution in [-0.4, -0.2) is 61.9 Å². The SMILES string of the molecule is CCN(CC)c1ccc(/C=N\CCCCCCCCCCC/N=C/c2ccc(N(CC)CC)cc2O)c(O)c1. The molecule has 0 bridgehead atoms. The van der Waals surface area contributed by atoms with Crippen molar-refractivity contribution in [1.29, 1.82) is 0 Å². The van der Waals surface area contributed by atoms with Crippen molar-refractivity contribution in [1.82, 2.24) is 0 Å². The number of phenolic OH excluding ortho intramolecular Hbond substituents is 2. The quantitative estimate of drug-likeness (QED) is 0.134. The summed E-state index contributed by atoms with van der Waals surface area (Å²) in [6, 6.07) is 11.7. The summed E-state index contributed by atoms with van der Waals surface area (Å²) in [5.74, 6) is 0.602. The number of phenols is 2. The minimum absolute atomic E-state index is 0.301. The number of aromatic hydroxyl groups is 2. The molecule has 0 aliphatic rings. The van der Waals surface area contributed by atoms with Gasteiger partial charge in [0.2, 0.25) is 0 Å². The molecule has 39 heavy (non-hydrogen) atoms. The molecule has 0 aliphatic carbocycles. The molecule has 0 saturated carbocycles. The molecule has 0 radical (unpaired) electrons. The van der Waals surface area contributed by atoms with Crippen molar-refractivity contribution >= 4 is 23.8 Å². The largest absolute Gasteiger partial charge is 0.507 e. The van der Waals surface area contributed by atoms with Gasteiger partial charge in [-0.15, -0.1) is 0 Å². The molecular formula is C33H52N4O2. The minimum atomic E-state index is 0.301. The van der Waals surface area contributed by atoms with Crippen molar-refractivity contribution in [3.63, 3.8) is 0 Å². The first-order valence-corrected chi connectivity index (χ1v) is 15.2. The lowest BCUT2D eigenvalue weighted by Gasteiger charge is -2.21. The molecule has 0 fully saturated rings. The summed E-state index contributed by atoms with van der Waals surface area (Å²) in [6.07, 6.45) is 14.6. The fourth-order valence-electron chi connectivity index (χ4n) is 4.82. The van der Waals surface area contributed by atoms with Crippen LogP contribution in [0.2, 0.25) is 0 Å². The van der Waals surface area contributed by atoms with Crippen LogP contribution in [0.1, 0.15) is 96.6 Å². The fourth-order valence-corrected chi connectivity index (χ4v) is 4.82. The van der Waals surface area contributed by atoms with E-state index in [2.05, 4.69) is 59.6 Å². The summed E-state index contributed by atoms with van der Waals surface area (Å²) in [4.78, 5) is 13.5. The molecule has 0 atom stereocenters. The number of aliphatic imine (C=N–C) groups is 2. The molecule has 0 aromatic heterocycles. The topological polar surface area (TPSA) is 71.7 Å². The zero-order valence-electron chi connectivity index (χ0n) is 24.9. The molecule has 0 saturated heterocycles. The summed E-state index contributed by atoms with van der Waals surface area (Å²) in [7, 11) is 0. The van der Waals surface area contributed by atoms with Crippen LogP contribution in [0.25, 0.3) is 0 Å². The van der Waals surface area contributed by atoms with E-state index in [4.69, 9.17) is 0 Å². The van der Waals surface area contributed by atoms with Crippen LogP contribution in [0.15, 0.2) is 46.4 Å². The lowest BCUT2D eigenvalue weighted by molar-refractivity contribution is 0.474. The highest BCUT2D eigenvalue weighted by molar-refractivity contribution is 5.85. The molecule has 2 rings (SSSR count). The molecule has 0 unspecified atom stereocenters. The average Bonchev–Trinajstić information content (AvgIpc) is 2.94. The Morgan fingerprint density at radius 1 is 0.538 bits per heavy atom. The van der Waals surface area contributed by atoms with Gasteiger partial charge in [-0.1, -0.05) is 44.9 Å². The zero-order chi connectivity index (χ0) is 28.3. The average molecular weight is 537 g/mol. The summed E-state index contributed by atoms with van der Waals surface area (Å²) in [5, 5.41) is 20.6. The van der Waals surface area contributed by atoms with Crippen LogP contribution in [0.5, 0.6) is 11.5 Å². The predicted molar refractivity (Wildman–Crippen MR) is 170 cm³/mol. The number of nitrogens with zero attached hydrogens (tertiary/aromatic N) is 4. The number of anilines is 2. The van der Waals surface area contributed by atoms with Crippen LogP contribution >= 0.6 is 0 Å². The normalized spacial score (nSPS) is 11.6. The van der Waals surface area contributed by atoms with E-state index < -0.39 is 0 Å². The Morgan fingerprint density at radius 3 is 1.18 bits per heavy atom. The second-order valence-electron chi connectivity index (χ2n) is 10.1. The lowest BCUT2D eigenvalue weighted by atomic mass is 10.1. The number of benzene rings is 2. The number of hydrogen-bond donors (Lipinski definition) is 2. The molecule has 2 aromatic rings. The maximum atomic E-state index is 10.3. The van der Waals surface area contributed by atoms with E-state index in [1.165, 1.54) is 44.9 Å². The highest BCUT2D eigenvalue weighted by Gasteiger charge is 2.06. The molecule has 0 heterocycles. The molecule has 2 aromatic carbocycles. The van der Waals surface area contributed by atoms with Crippen molar-refractivity contribution in [3.05, 3.63) is 47.5 Å². The molecule has 2 N–H and O–H groups in total. The van der Waals surface area contributed by atoms with Gasteiger partial charge in [-0.25, -0.2) is 0 Å². The third-order valence-corrected chi connectivity index (χ3v) is 7.32. The first-order chi connectivity index (χ1) is 19.0. The van der Waals surface area contributed by atoms with Gasteiger partial charge in [0.15, 0.2) is 0 Å². The Hall–Kier alpha value is -3.02. The first kappa shape index (κ1) is 32.2. The van der Waals surface area contributed by atoms with E-state index in [0.717, 1.165) is 74.6 Å². The summed E-state index contributed by atoms with van der Waals surface area (Å²) < 4.78 is 0. The Kier molecular flexibility index (Phi) is 15.8. The standard InChI is InChI=1S/C33H52N4O2/c1-5-36(6-2)30-20-18-28(32(38)24-30)26-34-22-16-14-12-10-9-11-13-15-17-23-35-27-29-19-21-31(25-33(29)39)37(7-3)8-4/h18-21,24-27,38-39H,5-17,22-23H2,1-4H3/b34-26-,35-27+. The van der Waals surface area contributed by atoms with Crippen LogP contribution < -0.4 is 9.80 Å². The van der Waals surface area contributed by atoms with Crippen LogP contribution in [0, 0.1) is 0 Å². The van der Waals surface area contributed by atoms with Crippen molar-refractivity contribution in [2.24, 2.45) is 9.98 Å². The zero-order valence-corrected chi connectivity index (χ0v) is 24.9. The van der Waals surface area contributed by atoms with Crippen LogP contribution in [-0.2, 0) is 0 Å². The number of unbranched alkanes of at least 4 members (excludes halogenated alkanes) is 8. The second-order valence-corrected chi connectivity index (χ2v) is 10.1. The maximum Gasteiger partial charge on any atom is 0.126 e. The molecule has 0 spiro atoms. The van der Waals surface area contributed by atoms with Crippen LogP contribution in [0.4, 0.5) is 11.4 Å². The molecule has 6 heteroatoms. The number of rotatable bonds is 20. The Balaban J connectivity index is 1.48. The van der Waals surface area contributed by atoms with Gasteiger partial charge in [-0.05, 0) is 64.8 Å². The van der Waals surface area contributed by atoms with E-state index >= 15 is 0 Å². The van der Waals surface area contributed by atoms with Gasteiger partial charge in [0.25, 0.3) is 0 Å². The van der Waals surface area contributed by atoms with Gasteiger partial charge in [0, 0.05) is 86.3 Å². The van der Waals surface area contributed by atoms with Crippen molar-refractivity contribution in [2.75, 3.05) is 49.1 Å². The molecule has 216 valence electrons. The van der Waals surface area contributed by atoms with Crippen molar-refractivity contribution in [2.45, 2.75) is 85.5 Å². The smallest absolute Gasteiger partial charge is 0.126 e. The Bertz CT molecular complexity index is 918. The second kappa shape index (κ2) is 19.1. The minimum Gasteiger partial charge on any atom is -0.507 e. The van der Waals surface area contributed by atoms with Gasteiger partial charge in [0.05, 0.1) is 0 Å². The van der Waals surface area contributed by atoms with Gasteiger partial charge < -0.3 is 20.0 Å². The molecule has 6 nitrogen and oxygen atoms in total. The fraction of sp³-hybridized carbons (Fsp3) is 0.576. The summed E-state index contributed by atoms with van der Waals surface area (Å²) in [5.41, 5.74) is 3.69. The van der Waals surface area contributed by atoms with Crippen LogP contribution in [0.3, 0.4) is 0 Å². The molecular weight excluding hydrogens is 484 g/mol. The highest BCUT2D eigenvalue weighted by atomic mass is 16.3. The Labute approximate surface area is 237 Å². The summed E-state index contributed by atoms with van der Waals surface area (Å²) in [6.45, 7) is 13.8. The van der Waals surface area contributed by atoms with E-state index in [0.29, 0.717) is 11.5 Å². The van der Waals surface area contributed by atoms with E-state index in [1.54, 1.807) is 12.4 Å². The van der Waals surface area contributed by atoms with Gasteiger partial charge in [-0.3, -0.25) is 9.98 Å². The van der Waals surface area contributed by atoms with Gasteiger partial charge in [0.1, 0.15) is 11.5 Å². The van der Waals surface area contributed by atoms with Gasteiger partial charge >= 0.3 is 0 Å². The van der Waals surface area contributed by atoms with E-state index in [1.807, 2.05) is 24.3 Å². The highest BCUT2D eigenvalue weighted by Crippen LogP contribution is 2.24. The molecule has 0 amide bonds.